The average molecular weight is 428 g/mol. The summed E-state index contributed by atoms with van der Waals surface area (Å²) in [5.74, 6) is 0.651. The second kappa shape index (κ2) is 10.2. The Morgan fingerprint density at radius 3 is 2.74 bits per heavy atom. The van der Waals surface area contributed by atoms with Crippen molar-refractivity contribution >= 4 is 41.7 Å². The Bertz CT molecular complexity index is 783. The van der Waals surface area contributed by atoms with Gasteiger partial charge in [-0.15, -0.1) is 24.2 Å². The van der Waals surface area contributed by atoms with E-state index >= 15 is 0 Å². The van der Waals surface area contributed by atoms with Crippen molar-refractivity contribution in [2.75, 3.05) is 6.26 Å². The van der Waals surface area contributed by atoms with Gasteiger partial charge in [0.25, 0.3) is 5.91 Å². The number of pyridine rings is 1. The molecule has 3 N–H and O–H groups in total. The molecule has 1 aliphatic carbocycles. The van der Waals surface area contributed by atoms with Gasteiger partial charge in [0.05, 0.1) is 5.02 Å². The molecule has 1 aromatic carbocycles. The fourth-order valence-electron chi connectivity index (χ4n) is 2.97. The number of ether oxygens (including phenoxy) is 1. The van der Waals surface area contributed by atoms with E-state index in [-0.39, 0.29) is 36.3 Å². The Hall–Kier alpha value is -1.47. The number of thioether (sulfide) groups is 1. The summed E-state index contributed by atoms with van der Waals surface area (Å²) in [6.45, 7) is 0. The number of aromatic nitrogens is 1. The van der Waals surface area contributed by atoms with Gasteiger partial charge in [-0.1, -0.05) is 17.7 Å². The number of rotatable bonds is 5. The van der Waals surface area contributed by atoms with Crippen LogP contribution in [0.25, 0.3) is 0 Å². The molecule has 1 saturated carbocycles. The van der Waals surface area contributed by atoms with Crippen LogP contribution in [0.15, 0.2) is 41.4 Å². The first-order valence-corrected chi connectivity index (χ1v) is 10.2. The van der Waals surface area contributed by atoms with Crippen LogP contribution in [-0.4, -0.2) is 29.2 Å². The monoisotopic (exact) mass is 427 g/mol. The van der Waals surface area contributed by atoms with E-state index in [1.807, 2.05) is 30.5 Å². The number of benzene rings is 1. The van der Waals surface area contributed by atoms with Crippen LogP contribution < -0.4 is 15.8 Å². The number of nitrogens with zero attached hydrogens (tertiary/aromatic N) is 1. The van der Waals surface area contributed by atoms with Crippen molar-refractivity contribution in [1.29, 1.82) is 0 Å². The van der Waals surface area contributed by atoms with Gasteiger partial charge < -0.3 is 15.8 Å². The van der Waals surface area contributed by atoms with Gasteiger partial charge in [0.2, 0.25) is 5.88 Å². The zero-order chi connectivity index (χ0) is 18.5. The van der Waals surface area contributed by atoms with Crippen molar-refractivity contribution < 1.29 is 9.53 Å². The summed E-state index contributed by atoms with van der Waals surface area (Å²) >= 11 is 7.67. The molecule has 1 fully saturated rings. The van der Waals surface area contributed by atoms with Gasteiger partial charge in [0.1, 0.15) is 11.3 Å². The van der Waals surface area contributed by atoms with Crippen molar-refractivity contribution in [2.45, 2.75) is 42.7 Å². The molecule has 0 spiro atoms. The highest BCUT2D eigenvalue weighted by atomic mass is 35.5. The van der Waals surface area contributed by atoms with Crippen LogP contribution >= 0.6 is 35.8 Å². The fourth-order valence-corrected chi connectivity index (χ4v) is 3.58. The van der Waals surface area contributed by atoms with Gasteiger partial charge in [0.15, 0.2) is 0 Å². The zero-order valence-electron chi connectivity index (χ0n) is 15.0. The van der Waals surface area contributed by atoms with Crippen LogP contribution in [-0.2, 0) is 0 Å². The highest BCUT2D eigenvalue weighted by Gasteiger charge is 2.23. The van der Waals surface area contributed by atoms with E-state index in [4.69, 9.17) is 22.1 Å². The first-order chi connectivity index (χ1) is 12.5. The van der Waals surface area contributed by atoms with Crippen molar-refractivity contribution in [3.63, 3.8) is 0 Å². The van der Waals surface area contributed by atoms with E-state index in [9.17, 15) is 4.79 Å². The topological polar surface area (TPSA) is 77.2 Å². The molecule has 0 atom stereocenters. The number of amides is 1. The number of nitrogens with two attached hydrogens (primary N) is 1. The molecule has 0 saturated heterocycles. The highest BCUT2D eigenvalue weighted by molar-refractivity contribution is 7.98. The summed E-state index contributed by atoms with van der Waals surface area (Å²) in [6, 6.07) is 9.58. The Kier molecular flexibility index (Phi) is 8.23. The molecule has 0 aliphatic heterocycles. The Morgan fingerprint density at radius 2 is 2.04 bits per heavy atom. The zero-order valence-corrected chi connectivity index (χ0v) is 17.4. The van der Waals surface area contributed by atoms with E-state index in [2.05, 4.69) is 10.3 Å². The van der Waals surface area contributed by atoms with Gasteiger partial charge in [-0.2, -0.15) is 0 Å². The molecule has 0 radical (unpaired) electrons. The lowest BCUT2D eigenvalue weighted by Gasteiger charge is -2.27. The molecule has 2 aromatic rings. The minimum Gasteiger partial charge on any atom is -0.438 e. The van der Waals surface area contributed by atoms with E-state index in [1.165, 1.54) is 6.20 Å². The van der Waals surface area contributed by atoms with Gasteiger partial charge in [-0.3, -0.25) is 4.79 Å². The smallest absolute Gasteiger partial charge is 0.257 e. The largest absolute Gasteiger partial charge is 0.438 e. The Morgan fingerprint density at radius 1 is 1.30 bits per heavy atom. The Labute approximate surface area is 174 Å². The van der Waals surface area contributed by atoms with Crippen molar-refractivity contribution in [3.05, 3.63) is 47.1 Å². The standard InChI is InChI=1S/C19H22ClN3O2S.ClH/c1-26-16-4-2-3-15(10-16)25-19-17(9-12(20)11-22-19)18(24)23-14-7-5-13(21)6-8-14;/h2-4,9-11,13-14H,5-8,21H2,1H3,(H,23,24);1H. The summed E-state index contributed by atoms with van der Waals surface area (Å²) in [6.07, 6.45) is 7.08. The summed E-state index contributed by atoms with van der Waals surface area (Å²) in [7, 11) is 0. The van der Waals surface area contributed by atoms with E-state index in [1.54, 1.807) is 17.8 Å². The summed E-state index contributed by atoms with van der Waals surface area (Å²) in [5.41, 5.74) is 6.27. The second-order valence-corrected chi connectivity index (χ2v) is 7.69. The third-order valence-electron chi connectivity index (χ3n) is 4.43. The lowest BCUT2D eigenvalue weighted by atomic mass is 9.91. The molecule has 0 unspecified atom stereocenters. The lowest BCUT2D eigenvalue weighted by molar-refractivity contribution is 0.0923. The van der Waals surface area contributed by atoms with Crippen LogP contribution in [0.2, 0.25) is 5.02 Å². The molecule has 27 heavy (non-hydrogen) atoms. The lowest BCUT2D eigenvalue weighted by Crippen LogP contribution is -2.40. The third-order valence-corrected chi connectivity index (χ3v) is 5.36. The van der Waals surface area contributed by atoms with Crippen molar-refractivity contribution in [3.8, 4) is 11.6 Å². The van der Waals surface area contributed by atoms with Crippen LogP contribution in [0.4, 0.5) is 0 Å². The minimum atomic E-state index is -0.225. The molecule has 1 heterocycles. The average Bonchev–Trinajstić information content (AvgIpc) is 2.65. The van der Waals surface area contributed by atoms with Gasteiger partial charge in [0, 0.05) is 23.2 Å². The highest BCUT2D eigenvalue weighted by Crippen LogP contribution is 2.28. The molecule has 1 amide bonds. The minimum absolute atomic E-state index is 0. The first-order valence-electron chi connectivity index (χ1n) is 8.59. The second-order valence-electron chi connectivity index (χ2n) is 6.37. The van der Waals surface area contributed by atoms with E-state index < -0.39 is 0 Å². The van der Waals surface area contributed by atoms with E-state index in [0.29, 0.717) is 16.3 Å². The normalized spacial score (nSPS) is 19.1. The number of nitrogens with one attached hydrogen (secondary N) is 1. The molecule has 3 rings (SSSR count). The number of carbonyl (C=O) groups is 1. The van der Waals surface area contributed by atoms with Crippen LogP contribution in [0.5, 0.6) is 11.6 Å². The number of halogens is 2. The predicted molar refractivity (Wildman–Crippen MR) is 112 cm³/mol. The number of hydrogen-bond acceptors (Lipinski definition) is 5. The maximum absolute atomic E-state index is 12.8. The van der Waals surface area contributed by atoms with Gasteiger partial charge in [-0.05, 0) is 56.2 Å². The summed E-state index contributed by atoms with van der Waals surface area (Å²) < 4.78 is 5.87. The molecular weight excluding hydrogens is 405 g/mol. The van der Waals surface area contributed by atoms with E-state index in [0.717, 1.165) is 30.6 Å². The molecule has 5 nitrogen and oxygen atoms in total. The molecule has 146 valence electrons. The molecule has 1 aromatic heterocycles. The van der Waals surface area contributed by atoms with Crippen molar-refractivity contribution in [1.82, 2.24) is 10.3 Å². The molecule has 0 bridgehead atoms. The first kappa shape index (κ1) is 21.8. The summed E-state index contributed by atoms with van der Waals surface area (Å²) in [5, 5.41) is 3.45. The quantitative estimate of drug-likeness (QED) is 0.677. The van der Waals surface area contributed by atoms with Crippen molar-refractivity contribution in [2.24, 2.45) is 5.73 Å². The molecular formula is C19H23Cl2N3O2S. The summed E-state index contributed by atoms with van der Waals surface area (Å²) in [4.78, 5) is 18.0. The number of carbonyl (C=O) groups excluding carboxylic acids is 1. The SMILES string of the molecule is CSc1cccc(Oc2ncc(Cl)cc2C(=O)NC2CCC(N)CC2)c1.Cl. The predicted octanol–water partition coefficient (Wildman–Crippen LogP) is 4.67. The Balaban J connectivity index is 0.00000261. The van der Waals surface area contributed by atoms with Crippen LogP contribution in [0.1, 0.15) is 36.0 Å². The molecule has 8 heteroatoms. The molecule has 1 aliphatic rings. The number of hydrogen-bond donors (Lipinski definition) is 2. The fraction of sp³-hybridized carbons (Fsp3) is 0.368. The van der Waals surface area contributed by atoms with Gasteiger partial charge in [-0.25, -0.2) is 4.98 Å². The van der Waals surface area contributed by atoms with Gasteiger partial charge >= 0.3 is 0 Å². The van der Waals surface area contributed by atoms with Crippen LogP contribution in [0, 0.1) is 0 Å². The third kappa shape index (κ3) is 6.01. The van der Waals surface area contributed by atoms with Crippen LogP contribution in [0.3, 0.4) is 0 Å². The maximum atomic E-state index is 12.8. The maximum Gasteiger partial charge on any atom is 0.257 e.